The summed E-state index contributed by atoms with van der Waals surface area (Å²) in [6.07, 6.45) is 1.78. The van der Waals surface area contributed by atoms with Crippen LogP contribution in [0.3, 0.4) is 0 Å². The van der Waals surface area contributed by atoms with Gasteiger partial charge >= 0.3 is 0 Å². The fraction of sp³-hybridized carbons (Fsp3) is 0.188. The first-order valence-electron chi connectivity index (χ1n) is 7.60. The molecule has 1 N–H and O–H groups in total. The van der Waals surface area contributed by atoms with E-state index >= 15 is 0 Å². The first-order valence-corrected chi connectivity index (χ1v) is 8.48. The molecule has 1 atom stereocenters. The van der Waals surface area contributed by atoms with Gasteiger partial charge in [-0.25, -0.2) is 14.2 Å². The molecule has 1 aromatic carbocycles. The normalized spacial score (nSPS) is 12.6. The Labute approximate surface area is 145 Å². The summed E-state index contributed by atoms with van der Waals surface area (Å²) in [6, 6.07) is 6.63. The van der Waals surface area contributed by atoms with Crippen LogP contribution in [-0.4, -0.2) is 30.3 Å². The van der Waals surface area contributed by atoms with Gasteiger partial charge in [0.2, 0.25) is 4.96 Å². The average Bonchev–Trinajstić information content (AvgIpc) is 3.20. The molecule has 0 fully saturated rings. The van der Waals surface area contributed by atoms with Gasteiger partial charge in [0.05, 0.1) is 23.3 Å². The molecule has 1 unspecified atom stereocenters. The molecule has 4 rings (SSSR count). The van der Waals surface area contributed by atoms with Crippen LogP contribution in [0.1, 0.15) is 29.1 Å². The molecular formula is C16H14N6O2S. The van der Waals surface area contributed by atoms with Gasteiger partial charge < -0.3 is 5.32 Å². The molecule has 0 aliphatic rings. The maximum absolute atomic E-state index is 12.7. The number of rotatable bonds is 3. The summed E-state index contributed by atoms with van der Waals surface area (Å²) in [4.78, 5) is 30.1. The van der Waals surface area contributed by atoms with Gasteiger partial charge in [-0.05, 0) is 13.0 Å². The second kappa shape index (κ2) is 5.78. The summed E-state index contributed by atoms with van der Waals surface area (Å²) in [5.74, 6) is -0.358. The first kappa shape index (κ1) is 15.5. The van der Waals surface area contributed by atoms with Crippen LogP contribution in [0.4, 0.5) is 0 Å². The topological polar surface area (TPSA) is 94.2 Å². The summed E-state index contributed by atoms with van der Waals surface area (Å²) >= 11 is 1.42. The molecule has 4 aromatic rings. The van der Waals surface area contributed by atoms with Gasteiger partial charge in [-0.1, -0.05) is 29.5 Å². The molecule has 0 radical (unpaired) electrons. The highest BCUT2D eigenvalue weighted by atomic mass is 32.1. The highest BCUT2D eigenvalue weighted by molar-refractivity contribution is 7.14. The lowest BCUT2D eigenvalue weighted by molar-refractivity contribution is 0.0934. The Morgan fingerprint density at radius 1 is 1.28 bits per heavy atom. The third-order valence-corrected chi connectivity index (χ3v) is 4.66. The minimum Gasteiger partial charge on any atom is -0.342 e. The van der Waals surface area contributed by atoms with Crippen LogP contribution in [-0.2, 0) is 7.05 Å². The predicted octanol–water partition coefficient (Wildman–Crippen LogP) is 1.53. The van der Waals surface area contributed by atoms with E-state index in [1.165, 1.54) is 23.1 Å². The molecule has 9 heteroatoms. The number of amides is 1. The maximum Gasteiger partial charge on any atom is 0.274 e. The molecule has 25 heavy (non-hydrogen) atoms. The Morgan fingerprint density at radius 3 is 2.80 bits per heavy atom. The molecule has 126 valence electrons. The van der Waals surface area contributed by atoms with E-state index in [9.17, 15) is 9.59 Å². The molecule has 0 spiro atoms. The molecule has 0 aliphatic heterocycles. The standard InChI is InChI=1S/C16H14N6O2S/c1-9(12-7-22-16(19-12)25-8-17-22)18-14(23)13-10-5-3-4-6-11(10)15(24)21(2)20-13/h3-9H,1-2H3,(H,18,23). The van der Waals surface area contributed by atoms with Gasteiger partial charge in [0.25, 0.3) is 11.5 Å². The van der Waals surface area contributed by atoms with Crippen LogP contribution in [0.25, 0.3) is 15.7 Å². The minimum atomic E-state index is -0.358. The number of nitrogens with zero attached hydrogens (tertiary/aromatic N) is 5. The van der Waals surface area contributed by atoms with Crippen LogP contribution in [0.5, 0.6) is 0 Å². The van der Waals surface area contributed by atoms with Crippen molar-refractivity contribution >= 4 is 33.0 Å². The van der Waals surface area contributed by atoms with E-state index in [-0.39, 0.29) is 23.2 Å². The molecule has 3 aromatic heterocycles. The fourth-order valence-corrected chi connectivity index (χ4v) is 3.28. The van der Waals surface area contributed by atoms with Crippen LogP contribution in [0.15, 0.2) is 40.8 Å². The zero-order valence-corrected chi connectivity index (χ0v) is 14.3. The van der Waals surface area contributed by atoms with E-state index in [0.717, 1.165) is 4.96 Å². The summed E-state index contributed by atoms with van der Waals surface area (Å²) in [5, 5.41) is 12.1. The number of aryl methyl sites for hydroxylation is 1. The van der Waals surface area contributed by atoms with Crippen molar-refractivity contribution in [2.75, 3.05) is 0 Å². The number of benzene rings is 1. The van der Waals surface area contributed by atoms with Crippen LogP contribution in [0, 0.1) is 0 Å². The number of hydrogen-bond donors (Lipinski definition) is 1. The van der Waals surface area contributed by atoms with E-state index in [1.807, 2.05) is 6.92 Å². The van der Waals surface area contributed by atoms with Gasteiger partial charge in [0.1, 0.15) is 5.51 Å². The Morgan fingerprint density at radius 2 is 2.04 bits per heavy atom. The molecular weight excluding hydrogens is 340 g/mol. The van der Waals surface area contributed by atoms with Crippen molar-refractivity contribution in [2.45, 2.75) is 13.0 Å². The van der Waals surface area contributed by atoms with Crippen LogP contribution < -0.4 is 10.9 Å². The van der Waals surface area contributed by atoms with Crippen LogP contribution >= 0.6 is 11.3 Å². The van der Waals surface area contributed by atoms with Gasteiger partial charge in [-0.3, -0.25) is 9.59 Å². The molecule has 8 nitrogen and oxygen atoms in total. The summed E-state index contributed by atoms with van der Waals surface area (Å²) < 4.78 is 2.85. The summed E-state index contributed by atoms with van der Waals surface area (Å²) in [5.41, 5.74) is 2.39. The molecule has 0 aliphatic carbocycles. The Balaban J connectivity index is 1.69. The van der Waals surface area contributed by atoms with E-state index in [1.54, 1.807) is 40.5 Å². The zero-order chi connectivity index (χ0) is 17.6. The Hall–Kier alpha value is -3.07. The maximum atomic E-state index is 12.7. The van der Waals surface area contributed by atoms with Gasteiger partial charge in [-0.15, -0.1) is 0 Å². The first-order chi connectivity index (χ1) is 12.0. The van der Waals surface area contributed by atoms with Crippen molar-refractivity contribution in [3.8, 4) is 0 Å². The van der Waals surface area contributed by atoms with Crippen molar-refractivity contribution in [1.29, 1.82) is 0 Å². The number of imidazole rings is 1. The van der Waals surface area contributed by atoms with Crippen molar-refractivity contribution < 1.29 is 4.79 Å². The SMILES string of the molecule is CC(NC(=O)c1nn(C)c(=O)c2ccccc12)c1cn2ncsc2n1. The monoisotopic (exact) mass is 354 g/mol. The number of carbonyl (C=O) groups excluding carboxylic acids is 1. The number of fused-ring (bicyclic) bond motifs is 2. The van der Waals surface area contributed by atoms with Crippen molar-refractivity contribution in [3.63, 3.8) is 0 Å². The third-order valence-electron chi connectivity index (χ3n) is 3.97. The molecule has 0 bridgehead atoms. The van der Waals surface area contributed by atoms with E-state index in [2.05, 4.69) is 20.5 Å². The van der Waals surface area contributed by atoms with Gasteiger partial charge in [0.15, 0.2) is 5.69 Å². The van der Waals surface area contributed by atoms with Crippen molar-refractivity contribution in [1.82, 2.24) is 29.7 Å². The fourth-order valence-electron chi connectivity index (χ4n) is 2.67. The highest BCUT2D eigenvalue weighted by Crippen LogP contribution is 2.17. The number of nitrogens with one attached hydrogen (secondary N) is 1. The summed E-state index contributed by atoms with van der Waals surface area (Å²) in [6.45, 7) is 1.84. The van der Waals surface area contributed by atoms with Crippen molar-refractivity contribution in [2.24, 2.45) is 7.05 Å². The average molecular weight is 354 g/mol. The minimum absolute atomic E-state index is 0.212. The number of hydrogen-bond acceptors (Lipinski definition) is 6. The highest BCUT2D eigenvalue weighted by Gasteiger charge is 2.19. The van der Waals surface area contributed by atoms with Gasteiger partial charge in [-0.2, -0.15) is 10.2 Å². The van der Waals surface area contributed by atoms with E-state index in [0.29, 0.717) is 16.5 Å². The lowest BCUT2D eigenvalue weighted by Gasteiger charge is -2.13. The smallest absolute Gasteiger partial charge is 0.274 e. The van der Waals surface area contributed by atoms with Crippen molar-refractivity contribution in [3.05, 3.63) is 57.7 Å². The second-order valence-electron chi connectivity index (χ2n) is 5.65. The molecule has 0 saturated carbocycles. The summed E-state index contributed by atoms with van der Waals surface area (Å²) in [7, 11) is 1.53. The lowest BCUT2D eigenvalue weighted by Crippen LogP contribution is -2.31. The number of aromatic nitrogens is 5. The second-order valence-corrected chi connectivity index (χ2v) is 6.46. The van der Waals surface area contributed by atoms with Crippen LogP contribution in [0.2, 0.25) is 0 Å². The zero-order valence-electron chi connectivity index (χ0n) is 13.5. The Bertz CT molecular complexity index is 1130. The van der Waals surface area contributed by atoms with E-state index in [4.69, 9.17) is 0 Å². The largest absolute Gasteiger partial charge is 0.342 e. The van der Waals surface area contributed by atoms with E-state index < -0.39 is 0 Å². The molecule has 3 heterocycles. The quantitative estimate of drug-likeness (QED) is 0.602. The molecule has 0 saturated heterocycles. The number of carbonyl (C=O) groups is 1. The molecule has 1 amide bonds. The van der Waals surface area contributed by atoms with Gasteiger partial charge in [0, 0.05) is 12.4 Å². The third kappa shape index (κ3) is 2.58. The lowest BCUT2D eigenvalue weighted by atomic mass is 10.1. The predicted molar refractivity (Wildman–Crippen MR) is 93.7 cm³/mol. The Kier molecular flexibility index (Phi) is 3.57.